The molecule has 12 heteroatoms. The van der Waals surface area contributed by atoms with Gasteiger partial charge < -0.3 is 23.8 Å². The van der Waals surface area contributed by atoms with Gasteiger partial charge in [0.1, 0.15) is 0 Å². The van der Waals surface area contributed by atoms with Crippen LogP contribution in [0.25, 0.3) is 14.6 Å². The Morgan fingerprint density at radius 2 is 0.791 bits per heavy atom. The number of hydrogen-bond acceptors (Lipinski definition) is 1. The Balaban J connectivity index is 0. The summed E-state index contributed by atoms with van der Waals surface area (Å²) in [6, 6.07) is 1.05. The van der Waals surface area contributed by atoms with Crippen molar-refractivity contribution in [2.45, 2.75) is 194 Å². The first-order valence-corrected chi connectivity index (χ1v) is 37.8. The van der Waals surface area contributed by atoms with Crippen molar-refractivity contribution < 1.29 is 40.8 Å². The van der Waals surface area contributed by atoms with E-state index < -0.39 is 49.4 Å². The van der Waals surface area contributed by atoms with Gasteiger partial charge in [0.2, 0.25) is 0 Å². The minimum absolute atomic E-state index is 0. The van der Waals surface area contributed by atoms with Gasteiger partial charge in [-0.1, -0.05) is 189 Å². The van der Waals surface area contributed by atoms with Gasteiger partial charge in [-0.2, -0.15) is 0 Å². The summed E-state index contributed by atoms with van der Waals surface area (Å²) in [5, 5.41) is 5.31. The van der Waals surface area contributed by atoms with E-state index in [1.165, 1.54) is 64.2 Å². The first-order chi connectivity index (χ1) is 18.6. The fraction of sp³-hybridized carbons (Fsp3) is 0.968. The smallest absolute Gasteiger partial charge is 0.668 e. The van der Waals surface area contributed by atoms with E-state index in [0.717, 1.165) is 5.96 Å². The number of aliphatic imine (C=N–C) groups is 1. The van der Waals surface area contributed by atoms with Gasteiger partial charge >= 0.3 is 40.8 Å². The van der Waals surface area contributed by atoms with Crippen LogP contribution in [0.2, 0.25) is 118 Å². The molecule has 0 aromatic heterocycles. The van der Waals surface area contributed by atoms with Crippen molar-refractivity contribution in [3.05, 3.63) is 14.6 Å². The Labute approximate surface area is 311 Å². The van der Waals surface area contributed by atoms with Crippen molar-refractivity contribution in [3.8, 4) is 0 Å². The Kier molecular flexibility index (Phi) is 21.6. The van der Waals surface area contributed by atoms with Crippen molar-refractivity contribution in [1.82, 2.24) is 4.23 Å². The molecular formula is C31H76N5NdSi6. The number of rotatable bonds is 8. The maximum atomic E-state index is 5.31. The van der Waals surface area contributed by atoms with Crippen LogP contribution in [0.3, 0.4) is 0 Å². The van der Waals surface area contributed by atoms with Gasteiger partial charge in [-0.25, -0.2) is 0 Å². The molecule has 2 rings (SSSR count). The Bertz CT molecular complexity index is 711. The third kappa shape index (κ3) is 26.5. The summed E-state index contributed by atoms with van der Waals surface area (Å²) in [6.07, 6.45) is 13.3. The maximum absolute atomic E-state index is 5.31. The minimum atomic E-state index is -1.48. The van der Waals surface area contributed by atoms with E-state index in [2.05, 4.69) is 122 Å². The number of guanidine groups is 1. The summed E-state index contributed by atoms with van der Waals surface area (Å²) >= 11 is 0. The normalized spacial score (nSPS) is 18.4. The zero-order valence-electron chi connectivity index (χ0n) is 32.5. The summed E-state index contributed by atoms with van der Waals surface area (Å²) in [5.41, 5.74) is 0. The second-order valence-corrected chi connectivity index (χ2v) is 47.9. The van der Waals surface area contributed by atoms with Crippen LogP contribution in [0.1, 0.15) is 64.2 Å². The molecule has 2 aliphatic carbocycles. The largest absolute Gasteiger partial charge is 3.00 e. The van der Waals surface area contributed by atoms with E-state index in [4.69, 9.17) is 19.6 Å². The maximum Gasteiger partial charge on any atom is 3.00 e. The summed E-state index contributed by atoms with van der Waals surface area (Å²) in [4.78, 5) is 5.31. The van der Waals surface area contributed by atoms with Crippen LogP contribution < -0.4 is 0 Å². The van der Waals surface area contributed by atoms with Crippen LogP contribution in [0, 0.1) is 40.8 Å². The summed E-state index contributed by atoms with van der Waals surface area (Å²) in [5.74, 6) is 1.16. The molecule has 0 unspecified atom stereocenters. The fourth-order valence-electron chi connectivity index (χ4n) is 6.51. The van der Waals surface area contributed by atoms with E-state index in [1.807, 2.05) is 0 Å². The fourth-order valence-corrected chi connectivity index (χ4v) is 32.1. The molecule has 0 aromatic carbocycles. The summed E-state index contributed by atoms with van der Waals surface area (Å²) in [6.45, 7) is 42.4. The van der Waals surface area contributed by atoms with Crippen LogP contribution in [0.4, 0.5) is 0 Å². The minimum Gasteiger partial charge on any atom is -0.668 e. The number of nitrogens with zero attached hydrogens (tertiary/aromatic N) is 5. The molecule has 2 aliphatic rings. The van der Waals surface area contributed by atoms with Crippen molar-refractivity contribution in [2.75, 3.05) is 0 Å². The van der Waals surface area contributed by atoms with Gasteiger partial charge in [0.25, 0.3) is 0 Å². The summed E-state index contributed by atoms with van der Waals surface area (Å²) in [7, 11) is -7.39. The van der Waals surface area contributed by atoms with Crippen molar-refractivity contribution >= 4 is 55.4 Å². The molecule has 0 amide bonds. The van der Waals surface area contributed by atoms with E-state index in [0.29, 0.717) is 12.1 Å². The molecule has 2 saturated carbocycles. The Morgan fingerprint density at radius 1 is 0.488 bits per heavy atom. The van der Waals surface area contributed by atoms with Gasteiger partial charge in [0.05, 0.1) is 16.5 Å². The van der Waals surface area contributed by atoms with Crippen LogP contribution in [-0.4, -0.2) is 71.7 Å². The topological polar surface area (TPSA) is 57.9 Å². The van der Waals surface area contributed by atoms with Crippen LogP contribution in [0.5, 0.6) is 0 Å². The zero-order chi connectivity index (χ0) is 33.2. The van der Waals surface area contributed by atoms with E-state index in [1.54, 1.807) is 0 Å². The molecule has 0 aliphatic heterocycles. The van der Waals surface area contributed by atoms with Crippen molar-refractivity contribution in [3.63, 3.8) is 0 Å². The van der Waals surface area contributed by atoms with E-state index >= 15 is 0 Å². The monoisotopic (exact) mass is 828 g/mol. The molecule has 2 fully saturated rings. The van der Waals surface area contributed by atoms with Gasteiger partial charge in [0, 0.05) is 5.96 Å². The van der Waals surface area contributed by atoms with Gasteiger partial charge in [-0.3, -0.25) is 0 Å². The second kappa shape index (κ2) is 19.7. The average Bonchev–Trinajstić information content (AvgIpc) is 2.68. The first kappa shape index (κ1) is 47.0. The molecular weight excluding hydrogens is 755 g/mol. The first-order valence-electron chi connectivity index (χ1n) is 17.2. The van der Waals surface area contributed by atoms with E-state index in [-0.39, 0.29) is 40.8 Å². The molecule has 0 atom stereocenters. The van der Waals surface area contributed by atoms with Crippen LogP contribution in [0.15, 0.2) is 4.99 Å². The molecule has 1 radical (unpaired) electrons. The van der Waals surface area contributed by atoms with Crippen molar-refractivity contribution in [2.24, 2.45) is 4.99 Å². The standard InChI is InChI=1S/C19H40N3Si2.2C6H18NSi2.Nd/c1-23(2,3)22(24(4,5)6)19(20-17-13-9-7-10-14-17)21-18-15-11-8-12-16-18;2*1-8(2,3)7-9(4,5)6;/h17-18H,7-16H2,1-6H3;2*1-6H3;/q3*-1;+3. The zero-order valence-corrected chi connectivity index (χ0v) is 41.7. The third-order valence-corrected chi connectivity index (χ3v) is 24.5. The average molecular weight is 832 g/mol. The van der Waals surface area contributed by atoms with Crippen molar-refractivity contribution in [1.29, 1.82) is 0 Å². The molecule has 0 saturated heterocycles. The Morgan fingerprint density at radius 3 is 1.05 bits per heavy atom. The van der Waals surface area contributed by atoms with Gasteiger partial charge in [0.15, 0.2) is 0 Å². The predicted molar refractivity (Wildman–Crippen MR) is 213 cm³/mol. The van der Waals surface area contributed by atoms with Crippen LogP contribution in [-0.2, 0) is 0 Å². The second-order valence-electron chi connectivity index (χ2n) is 18.7. The quantitative estimate of drug-likeness (QED) is 0.137. The Hall–Kier alpha value is 1.84. The molecule has 0 aromatic rings. The molecule has 0 heterocycles. The van der Waals surface area contributed by atoms with E-state index in [9.17, 15) is 0 Å². The molecule has 253 valence electrons. The molecule has 5 nitrogen and oxygen atoms in total. The predicted octanol–water partition coefficient (Wildman–Crippen LogP) is 12.4. The number of hydrogen-bond donors (Lipinski definition) is 0. The van der Waals surface area contributed by atoms with Gasteiger partial charge in [-0.15, -0.1) is 0 Å². The van der Waals surface area contributed by atoms with Crippen LogP contribution >= 0.6 is 0 Å². The SMILES string of the molecule is C[Si](C)(C)N(C(=NC1CCCCC1)[N-]C1CCCCC1)[Si](C)(C)C.C[Si](C)(C)[N-][Si](C)(C)C.C[Si](C)(C)[N-][Si](C)(C)C.[Nd+3]. The van der Waals surface area contributed by atoms with Gasteiger partial charge in [-0.05, 0) is 37.8 Å². The summed E-state index contributed by atoms with van der Waals surface area (Å²) < 4.78 is 12.4. The molecule has 0 bridgehead atoms. The third-order valence-electron chi connectivity index (χ3n) is 6.63. The molecule has 0 spiro atoms. The molecule has 0 N–H and O–H groups in total. The molecule has 43 heavy (non-hydrogen) atoms.